The van der Waals surface area contributed by atoms with E-state index in [0.29, 0.717) is 31.2 Å². The summed E-state index contributed by atoms with van der Waals surface area (Å²) >= 11 is 0. The first-order valence-corrected chi connectivity index (χ1v) is 7.52. The number of hydrogen-bond acceptors (Lipinski definition) is 5. The molecule has 1 saturated heterocycles. The van der Waals surface area contributed by atoms with Crippen molar-refractivity contribution >= 4 is 11.7 Å². The summed E-state index contributed by atoms with van der Waals surface area (Å²) in [5.41, 5.74) is -1.26. The van der Waals surface area contributed by atoms with Crippen molar-refractivity contribution in [1.29, 1.82) is 0 Å². The minimum atomic E-state index is -4.42. The zero-order valence-corrected chi connectivity index (χ0v) is 12.9. The van der Waals surface area contributed by atoms with Crippen molar-refractivity contribution in [2.45, 2.75) is 19.1 Å². The zero-order chi connectivity index (χ0) is 18.0. The van der Waals surface area contributed by atoms with Crippen LogP contribution in [0.25, 0.3) is 0 Å². The number of anilines is 1. The van der Waals surface area contributed by atoms with Gasteiger partial charge in [0, 0.05) is 19.3 Å². The first-order chi connectivity index (χ1) is 11.8. The van der Waals surface area contributed by atoms with Gasteiger partial charge < -0.3 is 10.2 Å². The maximum absolute atomic E-state index is 12.6. The topological polar surface area (TPSA) is 107 Å². The van der Waals surface area contributed by atoms with Gasteiger partial charge in [-0.15, -0.1) is 0 Å². The molecule has 3 rings (SSSR count). The lowest BCUT2D eigenvalue weighted by molar-refractivity contribution is -0.137. The Morgan fingerprint density at radius 2 is 2.20 bits per heavy atom. The summed E-state index contributed by atoms with van der Waals surface area (Å²) in [5.74, 6) is 0.200. The van der Waals surface area contributed by atoms with Crippen LogP contribution in [0.2, 0.25) is 0 Å². The van der Waals surface area contributed by atoms with Gasteiger partial charge in [0.2, 0.25) is 5.91 Å². The molecule has 1 aliphatic rings. The monoisotopic (exact) mass is 356 g/mol. The number of rotatable bonds is 4. The molecule has 134 valence electrons. The summed E-state index contributed by atoms with van der Waals surface area (Å²) in [7, 11) is 0. The average Bonchev–Trinajstić information content (AvgIpc) is 3.21. The quantitative estimate of drug-likeness (QED) is 0.746. The molecule has 0 radical (unpaired) electrons. The molecule has 1 amide bonds. The Bertz CT molecular complexity index is 798. The van der Waals surface area contributed by atoms with Gasteiger partial charge in [-0.1, -0.05) is 0 Å². The molecule has 0 bridgehead atoms. The number of aromatic amines is 2. The van der Waals surface area contributed by atoms with E-state index in [-0.39, 0.29) is 18.4 Å². The molecule has 1 aliphatic heterocycles. The number of nitrogens with zero attached hydrogens (tertiary/aromatic N) is 3. The molecule has 0 aromatic carbocycles. The fourth-order valence-corrected chi connectivity index (χ4v) is 2.63. The highest BCUT2D eigenvalue weighted by Gasteiger charge is 2.32. The SMILES string of the molecule is O=C(NCc1n[nH]c(=O)[nH]1)[C@H]1CCN(c2ccc(C(F)(F)F)cn2)C1. The van der Waals surface area contributed by atoms with E-state index in [1.54, 1.807) is 4.90 Å². The van der Waals surface area contributed by atoms with Crippen molar-refractivity contribution in [2.24, 2.45) is 5.92 Å². The fourth-order valence-electron chi connectivity index (χ4n) is 2.63. The van der Waals surface area contributed by atoms with Gasteiger partial charge in [-0.3, -0.25) is 9.78 Å². The molecule has 0 aliphatic carbocycles. The Kier molecular flexibility index (Phi) is 4.47. The minimum absolute atomic E-state index is 0.0899. The van der Waals surface area contributed by atoms with Gasteiger partial charge in [0.1, 0.15) is 11.6 Å². The number of aromatic nitrogens is 4. The van der Waals surface area contributed by atoms with Gasteiger partial charge in [-0.2, -0.15) is 18.3 Å². The summed E-state index contributed by atoms with van der Waals surface area (Å²) in [6.07, 6.45) is -3.07. The van der Waals surface area contributed by atoms with Gasteiger partial charge in [-0.05, 0) is 18.6 Å². The minimum Gasteiger partial charge on any atom is -0.356 e. The Morgan fingerprint density at radius 3 is 2.80 bits per heavy atom. The summed E-state index contributed by atoms with van der Waals surface area (Å²) in [4.78, 5) is 31.1. The molecule has 1 atom stereocenters. The van der Waals surface area contributed by atoms with E-state index in [2.05, 4.69) is 25.5 Å². The third-order valence-corrected chi connectivity index (χ3v) is 3.94. The summed E-state index contributed by atoms with van der Waals surface area (Å²) in [6.45, 7) is 0.976. The van der Waals surface area contributed by atoms with Gasteiger partial charge in [0.05, 0.1) is 18.0 Å². The second kappa shape index (κ2) is 6.57. The first kappa shape index (κ1) is 17.0. The maximum atomic E-state index is 12.6. The third kappa shape index (κ3) is 3.98. The van der Waals surface area contributed by atoms with Crippen molar-refractivity contribution < 1.29 is 18.0 Å². The number of halogens is 3. The third-order valence-electron chi connectivity index (χ3n) is 3.94. The second-order valence-electron chi connectivity index (χ2n) is 5.68. The number of hydrogen-bond donors (Lipinski definition) is 3. The van der Waals surface area contributed by atoms with Gasteiger partial charge in [0.25, 0.3) is 0 Å². The van der Waals surface area contributed by atoms with Crippen LogP contribution in [0.1, 0.15) is 17.8 Å². The molecule has 3 heterocycles. The van der Waals surface area contributed by atoms with E-state index in [1.165, 1.54) is 6.07 Å². The molecule has 0 spiro atoms. The summed E-state index contributed by atoms with van der Waals surface area (Å²) in [5, 5.41) is 8.55. The molecule has 0 saturated carbocycles. The van der Waals surface area contributed by atoms with Crippen LogP contribution in [-0.4, -0.2) is 39.2 Å². The van der Waals surface area contributed by atoms with Crippen LogP contribution in [0.5, 0.6) is 0 Å². The lowest BCUT2D eigenvalue weighted by atomic mass is 10.1. The lowest BCUT2D eigenvalue weighted by Gasteiger charge is -2.18. The maximum Gasteiger partial charge on any atom is 0.417 e. The van der Waals surface area contributed by atoms with Gasteiger partial charge in [0.15, 0.2) is 0 Å². The molecule has 11 heteroatoms. The van der Waals surface area contributed by atoms with Crippen molar-refractivity contribution in [3.63, 3.8) is 0 Å². The molecule has 2 aromatic heterocycles. The highest BCUT2D eigenvalue weighted by Crippen LogP contribution is 2.30. The van der Waals surface area contributed by atoms with E-state index in [4.69, 9.17) is 0 Å². The van der Waals surface area contributed by atoms with Crippen molar-refractivity contribution in [1.82, 2.24) is 25.5 Å². The average molecular weight is 356 g/mol. The van der Waals surface area contributed by atoms with Crippen LogP contribution in [0.4, 0.5) is 19.0 Å². The normalized spacial score (nSPS) is 17.7. The Morgan fingerprint density at radius 1 is 1.40 bits per heavy atom. The van der Waals surface area contributed by atoms with Crippen LogP contribution in [0, 0.1) is 5.92 Å². The van der Waals surface area contributed by atoms with Crippen molar-refractivity contribution in [3.8, 4) is 0 Å². The van der Waals surface area contributed by atoms with Crippen molar-refractivity contribution in [2.75, 3.05) is 18.0 Å². The molecule has 1 fully saturated rings. The number of H-pyrrole nitrogens is 2. The molecular weight excluding hydrogens is 341 g/mol. The zero-order valence-electron chi connectivity index (χ0n) is 12.9. The molecule has 8 nitrogen and oxygen atoms in total. The van der Waals surface area contributed by atoms with Gasteiger partial charge >= 0.3 is 11.9 Å². The predicted octanol–water partition coefficient (Wildman–Crippen LogP) is 0.654. The largest absolute Gasteiger partial charge is 0.417 e. The number of carbonyl (C=O) groups excluding carboxylic acids is 1. The van der Waals surface area contributed by atoms with E-state index >= 15 is 0 Å². The molecule has 3 N–H and O–H groups in total. The van der Waals surface area contributed by atoms with Crippen LogP contribution in [0.3, 0.4) is 0 Å². The highest BCUT2D eigenvalue weighted by atomic mass is 19.4. The number of carbonyl (C=O) groups is 1. The number of alkyl halides is 3. The van der Waals surface area contributed by atoms with E-state index < -0.39 is 17.4 Å². The Balaban J connectivity index is 1.55. The number of nitrogens with one attached hydrogen (secondary N) is 3. The lowest BCUT2D eigenvalue weighted by Crippen LogP contribution is -2.33. The molecule has 2 aromatic rings. The fraction of sp³-hybridized carbons (Fsp3) is 0.429. The molecule has 0 unspecified atom stereocenters. The highest BCUT2D eigenvalue weighted by molar-refractivity contribution is 5.79. The Hall–Kier alpha value is -2.85. The second-order valence-corrected chi connectivity index (χ2v) is 5.68. The number of pyridine rings is 1. The van der Waals surface area contributed by atoms with Crippen molar-refractivity contribution in [3.05, 3.63) is 40.2 Å². The standard InChI is InChI=1S/C14H15F3N6O2/c15-14(16,17)9-1-2-11(18-5-9)23-4-3-8(7-23)12(24)19-6-10-20-13(25)22-21-10/h1-2,5,8H,3-4,6-7H2,(H,19,24)(H2,20,21,22,25)/t8-/m0/s1. The van der Waals surface area contributed by atoms with E-state index in [0.717, 1.165) is 12.3 Å². The van der Waals surface area contributed by atoms with Gasteiger partial charge in [-0.25, -0.2) is 14.9 Å². The van der Waals surface area contributed by atoms with Crippen LogP contribution >= 0.6 is 0 Å². The molecular formula is C14H15F3N6O2. The predicted molar refractivity (Wildman–Crippen MR) is 80.6 cm³/mol. The van der Waals surface area contributed by atoms with E-state index in [1.807, 2.05) is 0 Å². The Labute approximate surface area is 139 Å². The smallest absolute Gasteiger partial charge is 0.356 e. The first-order valence-electron chi connectivity index (χ1n) is 7.52. The van der Waals surface area contributed by atoms with Crippen LogP contribution in [0.15, 0.2) is 23.1 Å². The summed E-state index contributed by atoms with van der Waals surface area (Å²) < 4.78 is 37.7. The van der Waals surface area contributed by atoms with Crippen LogP contribution in [-0.2, 0) is 17.5 Å². The van der Waals surface area contributed by atoms with Crippen LogP contribution < -0.4 is 15.9 Å². The summed E-state index contributed by atoms with van der Waals surface area (Å²) in [6, 6.07) is 2.28. The molecule has 25 heavy (non-hydrogen) atoms. The number of amides is 1. The van der Waals surface area contributed by atoms with E-state index in [9.17, 15) is 22.8 Å².